The van der Waals surface area contributed by atoms with Gasteiger partial charge in [-0.05, 0) is 43.9 Å². The van der Waals surface area contributed by atoms with Crippen LogP contribution >= 0.6 is 0 Å². The number of pyridine rings is 1. The largest absolute Gasteiger partial charge is 0.354 e. The number of anilines is 1. The molecule has 1 unspecified atom stereocenters. The normalized spacial score (nSPS) is 22.4. The van der Waals surface area contributed by atoms with Gasteiger partial charge in [0.1, 0.15) is 5.82 Å². The molecule has 1 aliphatic heterocycles. The van der Waals surface area contributed by atoms with Gasteiger partial charge >= 0.3 is 0 Å². The lowest BCUT2D eigenvalue weighted by Gasteiger charge is -2.25. The first-order valence-electron chi connectivity index (χ1n) is 6.20. The van der Waals surface area contributed by atoms with E-state index in [1.807, 2.05) is 19.2 Å². The van der Waals surface area contributed by atoms with E-state index >= 15 is 0 Å². The highest BCUT2D eigenvalue weighted by Crippen LogP contribution is 2.26. The van der Waals surface area contributed by atoms with Gasteiger partial charge in [-0.15, -0.1) is 0 Å². The van der Waals surface area contributed by atoms with Crippen molar-refractivity contribution in [1.29, 1.82) is 0 Å². The third kappa shape index (κ3) is 2.19. The van der Waals surface area contributed by atoms with Crippen molar-refractivity contribution in [2.24, 2.45) is 5.73 Å². The van der Waals surface area contributed by atoms with Gasteiger partial charge in [0.25, 0.3) is 0 Å². The molecule has 2 rings (SSSR count). The van der Waals surface area contributed by atoms with E-state index in [2.05, 4.69) is 22.9 Å². The Morgan fingerprint density at radius 1 is 1.62 bits per heavy atom. The quantitative estimate of drug-likeness (QED) is 0.849. The van der Waals surface area contributed by atoms with Gasteiger partial charge in [0.15, 0.2) is 0 Å². The van der Waals surface area contributed by atoms with E-state index in [0.717, 1.165) is 12.4 Å². The predicted molar refractivity (Wildman–Crippen MR) is 67.5 cm³/mol. The summed E-state index contributed by atoms with van der Waals surface area (Å²) in [5, 5.41) is 0. The van der Waals surface area contributed by atoms with Gasteiger partial charge in [0.2, 0.25) is 0 Å². The van der Waals surface area contributed by atoms with Crippen molar-refractivity contribution in [3.63, 3.8) is 0 Å². The molecule has 1 aliphatic rings. The SMILES string of the molecule is CCC1CCCN1c1cc([C@H](C)N)ccn1. The van der Waals surface area contributed by atoms with Gasteiger partial charge in [-0.1, -0.05) is 6.92 Å². The fraction of sp³-hybridized carbons (Fsp3) is 0.615. The maximum absolute atomic E-state index is 5.90. The zero-order valence-corrected chi connectivity index (χ0v) is 10.2. The molecule has 1 saturated heterocycles. The lowest BCUT2D eigenvalue weighted by atomic mass is 10.1. The van der Waals surface area contributed by atoms with Crippen LogP contribution in [-0.4, -0.2) is 17.6 Å². The summed E-state index contributed by atoms with van der Waals surface area (Å²) in [7, 11) is 0. The summed E-state index contributed by atoms with van der Waals surface area (Å²) in [6.07, 6.45) is 5.65. The molecule has 1 fully saturated rings. The van der Waals surface area contributed by atoms with Crippen molar-refractivity contribution in [3.8, 4) is 0 Å². The second kappa shape index (κ2) is 4.83. The predicted octanol–water partition coefficient (Wildman–Crippen LogP) is 2.48. The van der Waals surface area contributed by atoms with Crippen molar-refractivity contribution in [1.82, 2.24) is 4.98 Å². The highest BCUT2D eigenvalue weighted by molar-refractivity contribution is 5.43. The molecule has 0 radical (unpaired) electrons. The van der Waals surface area contributed by atoms with Crippen LogP contribution < -0.4 is 10.6 Å². The van der Waals surface area contributed by atoms with Crippen molar-refractivity contribution in [3.05, 3.63) is 23.9 Å². The Morgan fingerprint density at radius 2 is 2.44 bits per heavy atom. The molecule has 0 aromatic carbocycles. The van der Waals surface area contributed by atoms with Crippen molar-refractivity contribution >= 4 is 5.82 Å². The Labute approximate surface area is 97.7 Å². The number of aromatic nitrogens is 1. The molecule has 0 aliphatic carbocycles. The summed E-state index contributed by atoms with van der Waals surface area (Å²) in [6.45, 7) is 5.40. The minimum atomic E-state index is 0.0874. The van der Waals surface area contributed by atoms with E-state index in [-0.39, 0.29) is 6.04 Å². The van der Waals surface area contributed by atoms with Crippen LogP contribution in [0.4, 0.5) is 5.82 Å². The summed E-state index contributed by atoms with van der Waals surface area (Å²) < 4.78 is 0. The first kappa shape index (κ1) is 11.4. The fourth-order valence-electron chi connectivity index (χ4n) is 2.44. The molecule has 0 saturated carbocycles. The summed E-state index contributed by atoms with van der Waals surface area (Å²) in [5.41, 5.74) is 7.08. The van der Waals surface area contributed by atoms with E-state index in [0.29, 0.717) is 6.04 Å². The van der Waals surface area contributed by atoms with Crippen LogP contribution in [0, 0.1) is 0 Å². The molecule has 3 heteroatoms. The van der Waals surface area contributed by atoms with Crippen molar-refractivity contribution in [2.75, 3.05) is 11.4 Å². The molecule has 16 heavy (non-hydrogen) atoms. The summed E-state index contributed by atoms with van der Waals surface area (Å²) in [4.78, 5) is 6.89. The van der Waals surface area contributed by atoms with Crippen LogP contribution in [0.5, 0.6) is 0 Å². The molecule has 3 nitrogen and oxygen atoms in total. The zero-order chi connectivity index (χ0) is 11.5. The monoisotopic (exact) mass is 219 g/mol. The summed E-state index contributed by atoms with van der Waals surface area (Å²) in [6, 6.07) is 4.89. The van der Waals surface area contributed by atoms with E-state index < -0.39 is 0 Å². The van der Waals surface area contributed by atoms with Gasteiger partial charge < -0.3 is 10.6 Å². The minimum absolute atomic E-state index is 0.0874. The Bertz CT molecular complexity index is 349. The average Bonchev–Trinajstić information content (AvgIpc) is 2.77. The molecule has 0 bridgehead atoms. The van der Waals surface area contributed by atoms with Crippen LogP contribution in [0.15, 0.2) is 18.3 Å². The van der Waals surface area contributed by atoms with Crippen molar-refractivity contribution in [2.45, 2.75) is 45.2 Å². The lowest BCUT2D eigenvalue weighted by Crippen LogP contribution is -2.29. The first-order valence-corrected chi connectivity index (χ1v) is 6.20. The molecule has 1 aromatic rings. The highest BCUT2D eigenvalue weighted by Gasteiger charge is 2.24. The zero-order valence-electron chi connectivity index (χ0n) is 10.2. The molecule has 0 amide bonds. The van der Waals surface area contributed by atoms with E-state index in [1.54, 1.807) is 0 Å². The van der Waals surface area contributed by atoms with Crippen molar-refractivity contribution < 1.29 is 0 Å². The number of nitrogens with zero attached hydrogens (tertiary/aromatic N) is 2. The number of hydrogen-bond donors (Lipinski definition) is 1. The Hall–Kier alpha value is -1.09. The van der Waals surface area contributed by atoms with E-state index in [1.165, 1.54) is 24.8 Å². The number of nitrogens with two attached hydrogens (primary N) is 1. The minimum Gasteiger partial charge on any atom is -0.354 e. The number of hydrogen-bond acceptors (Lipinski definition) is 3. The smallest absolute Gasteiger partial charge is 0.129 e. The molecule has 1 aromatic heterocycles. The molecule has 88 valence electrons. The molecule has 0 spiro atoms. The number of rotatable bonds is 3. The van der Waals surface area contributed by atoms with E-state index in [4.69, 9.17) is 5.73 Å². The third-order valence-corrected chi connectivity index (χ3v) is 3.44. The fourth-order valence-corrected chi connectivity index (χ4v) is 2.44. The van der Waals surface area contributed by atoms with Gasteiger partial charge in [-0.25, -0.2) is 4.98 Å². The van der Waals surface area contributed by atoms with Crippen LogP contribution in [-0.2, 0) is 0 Å². The Morgan fingerprint density at radius 3 is 3.12 bits per heavy atom. The van der Waals surface area contributed by atoms with E-state index in [9.17, 15) is 0 Å². The molecule has 2 heterocycles. The lowest BCUT2D eigenvalue weighted by molar-refractivity contribution is 0.639. The third-order valence-electron chi connectivity index (χ3n) is 3.44. The van der Waals surface area contributed by atoms with Crippen LogP contribution in [0.25, 0.3) is 0 Å². The molecular formula is C13H21N3. The Kier molecular flexibility index (Phi) is 3.44. The maximum atomic E-state index is 5.90. The topological polar surface area (TPSA) is 42.1 Å². The highest BCUT2D eigenvalue weighted by atomic mass is 15.2. The van der Waals surface area contributed by atoms with Crippen LogP contribution in [0.3, 0.4) is 0 Å². The summed E-state index contributed by atoms with van der Waals surface area (Å²) in [5.74, 6) is 1.10. The second-order valence-electron chi connectivity index (χ2n) is 4.63. The second-order valence-corrected chi connectivity index (χ2v) is 4.63. The van der Waals surface area contributed by atoms with Crippen LogP contribution in [0.2, 0.25) is 0 Å². The van der Waals surface area contributed by atoms with Gasteiger partial charge in [-0.2, -0.15) is 0 Å². The standard InChI is InChI=1S/C13H21N3/c1-3-12-5-4-8-16(12)13-9-11(10(2)14)6-7-15-13/h6-7,9-10,12H,3-5,8,14H2,1-2H3/t10-,12?/m0/s1. The average molecular weight is 219 g/mol. The van der Waals surface area contributed by atoms with Gasteiger partial charge in [0, 0.05) is 24.8 Å². The molecule has 2 N–H and O–H groups in total. The van der Waals surface area contributed by atoms with Crippen LogP contribution in [0.1, 0.15) is 44.7 Å². The van der Waals surface area contributed by atoms with Gasteiger partial charge in [0.05, 0.1) is 0 Å². The Balaban J connectivity index is 2.22. The maximum Gasteiger partial charge on any atom is 0.129 e. The molecule has 2 atom stereocenters. The van der Waals surface area contributed by atoms with Gasteiger partial charge in [-0.3, -0.25) is 0 Å². The molecular weight excluding hydrogens is 198 g/mol. The first-order chi connectivity index (χ1) is 7.72. The summed E-state index contributed by atoms with van der Waals surface area (Å²) >= 11 is 0.